The molecule has 5 nitrogen and oxygen atoms in total. The van der Waals surface area contributed by atoms with Crippen LogP contribution in [-0.4, -0.2) is 15.8 Å². The molecule has 0 fully saturated rings. The van der Waals surface area contributed by atoms with Crippen molar-refractivity contribution in [3.8, 4) is 0 Å². The van der Waals surface area contributed by atoms with Gasteiger partial charge in [0.25, 0.3) is 0 Å². The van der Waals surface area contributed by atoms with Crippen molar-refractivity contribution in [2.75, 3.05) is 0 Å². The minimum atomic E-state index is -4.57. The van der Waals surface area contributed by atoms with E-state index in [0.717, 1.165) is 6.92 Å². The van der Waals surface area contributed by atoms with Crippen LogP contribution in [0.1, 0.15) is 6.92 Å². The maximum Gasteiger partial charge on any atom is 0.526 e. The maximum atomic E-state index is 9.74. The zero-order valence-corrected chi connectivity index (χ0v) is 10.8. The summed E-state index contributed by atoms with van der Waals surface area (Å²) in [7, 11) is -4.57. The Bertz CT molecular complexity index is 148. The molecule has 0 rings (SSSR count). The summed E-state index contributed by atoms with van der Waals surface area (Å²) in [5, 5.41) is 0. The van der Waals surface area contributed by atoms with Gasteiger partial charge in [-0.05, 0) is 0 Å². The fourth-order valence-electron chi connectivity index (χ4n) is 0.167. The molecule has 0 aliphatic rings. The molecule has 0 heterocycles. The van der Waals surface area contributed by atoms with Crippen LogP contribution in [0.4, 0.5) is 0 Å². The Labute approximate surface area is 111 Å². The first kappa shape index (κ1) is 29.2. The van der Waals surface area contributed by atoms with Gasteiger partial charge in [-0.3, -0.25) is 14.6 Å². The summed E-state index contributed by atoms with van der Waals surface area (Å²) in [4.78, 5) is 25.5. The average Bonchev–Trinajstić information content (AvgIpc) is 1.21. The number of hydrogen-bond acceptors (Lipinski definition) is 3. The van der Waals surface area contributed by atoms with Crippen molar-refractivity contribution >= 4 is 13.8 Å². The number of carbonyl (C=O) groups is 1. The Morgan fingerprint density at radius 1 is 1.25 bits per heavy atom. The maximum absolute atomic E-state index is 9.74. The first-order valence-corrected chi connectivity index (χ1v) is 3.20. The first-order chi connectivity index (χ1) is 3.42. The van der Waals surface area contributed by atoms with Gasteiger partial charge in [0.15, 0.2) is 0 Å². The van der Waals surface area contributed by atoms with Crippen LogP contribution in [0.2, 0.25) is 0 Å². The van der Waals surface area contributed by atoms with E-state index in [2.05, 4.69) is 4.52 Å². The second kappa shape index (κ2) is 12.7. The molecule has 0 aromatic heterocycles. The molecule has 0 unspecified atom stereocenters. The summed E-state index contributed by atoms with van der Waals surface area (Å²) in [5.41, 5.74) is 0. The van der Waals surface area contributed by atoms with Crippen molar-refractivity contribution in [1.29, 1.82) is 0 Å². The fourth-order valence-corrected chi connectivity index (χ4v) is 0.502. The molecule has 0 aromatic rings. The van der Waals surface area contributed by atoms with E-state index < -0.39 is 13.8 Å². The predicted molar refractivity (Wildman–Crippen MR) is 23.8 cm³/mol. The standard InChI is InChI=1S/C2H5O5P.2Co.2Mn/c1-2(3)7-8(4,5)6;;;;/h1H3,(H2,4,5,6);;;;. The van der Waals surface area contributed by atoms with Gasteiger partial charge in [0, 0.05) is 74.6 Å². The van der Waals surface area contributed by atoms with Crippen molar-refractivity contribution < 1.29 is 91.4 Å². The summed E-state index contributed by atoms with van der Waals surface area (Å²) >= 11 is 0. The van der Waals surface area contributed by atoms with Gasteiger partial charge in [0.05, 0.1) is 0 Å². The number of hydrogen-bond donors (Lipinski definition) is 2. The molecule has 0 aliphatic heterocycles. The number of carbonyl (C=O) groups excluding carboxylic acids is 1. The Balaban J connectivity index is -0.0000000408. The van der Waals surface area contributed by atoms with E-state index in [1.807, 2.05) is 0 Å². The Morgan fingerprint density at radius 2 is 1.50 bits per heavy atom. The summed E-state index contributed by atoms with van der Waals surface area (Å²) in [5.74, 6) is -0.988. The minimum absolute atomic E-state index is 0. The molecule has 0 saturated carbocycles. The third-order valence-electron chi connectivity index (χ3n) is 0.247. The van der Waals surface area contributed by atoms with Crippen LogP contribution in [-0.2, 0) is 81.6 Å². The van der Waals surface area contributed by atoms with Gasteiger partial charge in [-0.25, -0.2) is 4.57 Å². The monoisotopic (exact) mass is 368 g/mol. The van der Waals surface area contributed by atoms with Gasteiger partial charge >= 0.3 is 13.8 Å². The van der Waals surface area contributed by atoms with Crippen LogP contribution in [0.25, 0.3) is 0 Å². The van der Waals surface area contributed by atoms with Crippen molar-refractivity contribution in [3.05, 3.63) is 0 Å². The molecule has 0 bridgehead atoms. The molecule has 10 heteroatoms. The molecule has 0 amide bonds. The Morgan fingerprint density at radius 3 is 1.50 bits per heavy atom. The van der Waals surface area contributed by atoms with Gasteiger partial charge in [-0.1, -0.05) is 0 Å². The zero-order chi connectivity index (χ0) is 6.78. The smallest absolute Gasteiger partial charge is 0.371 e. The normalized spacial score (nSPS) is 7.25. The van der Waals surface area contributed by atoms with Gasteiger partial charge in [0.2, 0.25) is 0 Å². The molecule has 2 N–H and O–H groups in total. The molecular formula is C2H5Co2Mn2O5P. The van der Waals surface area contributed by atoms with Gasteiger partial charge < -0.3 is 4.52 Å². The van der Waals surface area contributed by atoms with Crippen LogP contribution >= 0.6 is 7.82 Å². The van der Waals surface area contributed by atoms with E-state index in [-0.39, 0.29) is 67.7 Å². The molecule has 0 spiro atoms. The van der Waals surface area contributed by atoms with Crippen LogP contribution in [0, 0.1) is 0 Å². The van der Waals surface area contributed by atoms with E-state index in [1.165, 1.54) is 0 Å². The summed E-state index contributed by atoms with van der Waals surface area (Å²) in [6, 6.07) is 0. The zero-order valence-electron chi connectivity index (χ0n) is 5.49. The Hall–Kier alpha value is 1.67. The van der Waals surface area contributed by atoms with E-state index in [9.17, 15) is 9.36 Å². The summed E-state index contributed by atoms with van der Waals surface area (Å²) < 4.78 is 13.2. The van der Waals surface area contributed by atoms with Gasteiger partial charge in [-0.15, -0.1) is 0 Å². The third kappa shape index (κ3) is 29.9. The molecule has 0 atom stereocenters. The van der Waals surface area contributed by atoms with Gasteiger partial charge in [0.1, 0.15) is 0 Å². The second-order valence-electron chi connectivity index (χ2n) is 1.07. The molecule has 0 aromatic carbocycles. The summed E-state index contributed by atoms with van der Waals surface area (Å²) in [6.07, 6.45) is 0. The average molecular weight is 368 g/mol. The topological polar surface area (TPSA) is 83.8 Å². The molecule has 0 aliphatic carbocycles. The molecular weight excluding hydrogens is 363 g/mol. The Kier molecular flexibility index (Phi) is 30.8. The van der Waals surface area contributed by atoms with E-state index in [4.69, 9.17) is 9.79 Å². The van der Waals surface area contributed by atoms with E-state index in [1.54, 1.807) is 0 Å². The van der Waals surface area contributed by atoms with Crippen molar-refractivity contribution in [3.63, 3.8) is 0 Å². The van der Waals surface area contributed by atoms with E-state index in [0.29, 0.717) is 0 Å². The second-order valence-corrected chi connectivity index (χ2v) is 2.24. The predicted octanol–water partition coefficient (Wildman–Crippen LogP) is -0.368. The van der Waals surface area contributed by atoms with Crippen LogP contribution in [0.3, 0.4) is 0 Å². The van der Waals surface area contributed by atoms with E-state index >= 15 is 0 Å². The number of rotatable bonds is 1. The van der Waals surface area contributed by atoms with Crippen LogP contribution in [0.15, 0.2) is 0 Å². The van der Waals surface area contributed by atoms with Crippen molar-refractivity contribution in [1.82, 2.24) is 0 Å². The van der Waals surface area contributed by atoms with Crippen LogP contribution < -0.4 is 0 Å². The van der Waals surface area contributed by atoms with Gasteiger partial charge in [-0.2, -0.15) is 0 Å². The summed E-state index contributed by atoms with van der Waals surface area (Å²) in [6.45, 7) is 0.916. The van der Waals surface area contributed by atoms with Crippen LogP contribution in [0.5, 0.6) is 0 Å². The first-order valence-electron chi connectivity index (χ1n) is 1.67. The molecule has 0 saturated heterocycles. The van der Waals surface area contributed by atoms with Crippen molar-refractivity contribution in [2.45, 2.75) is 6.92 Å². The minimum Gasteiger partial charge on any atom is -0.371 e. The SMILES string of the molecule is CC(=O)OP(=O)(O)O.[Co].[Co].[Mn].[Mn]. The number of phosphoric ester groups is 1. The molecule has 80 valence electrons. The number of phosphoric acid groups is 1. The molecule has 4 radical (unpaired) electrons. The molecule has 12 heavy (non-hydrogen) atoms. The third-order valence-corrected chi connectivity index (χ3v) is 0.742. The largest absolute Gasteiger partial charge is 0.526 e. The van der Waals surface area contributed by atoms with Crippen molar-refractivity contribution in [2.24, 2.45) is 0 Å². The fraction of sp³-hybridized carbons (Fsp3) is 0.500. The quantitative estimate of drug-likeness (QED) is 0.488.